The molecule has 0 fully saturated rings. The van der Waals surface area contributed by atoms with Crippen molar-refractivity contribution in [1.82, 2.24) is 29.9 Å². The van der Waals surface area contributed by atoms with Crippen LogP contribution < -0.4 is 24.8 Å². The summed E-state index contributed by atoms with van der Waals surface area (Å²) in [4.78, 5) is 27.0. The van der Waals surface area contributed by atoms with Crippen LogP contribution in [0.15, 0.2) is 167 Å². The Labute approximate surface area is 360 Å². The summed E-state index contributed by atoms with van der Waals surface area (Å²) < 4.78 is 11.1. The van der Waals surface area contributed by atoms with Crippen LogP contribution in [-0.2, 0) is 16.5 Å². The number of pyridine rings is 6. The van der Waals surface area contributed by atoms with Gasteiger partial charge < -0.3 is 88.4 Å². The molecule has 0 bridgehead atoms. The molecule has 8 aromatic heterocycles. The molecule has 0 aliphatic rings. The second-order valence-electron chi connectivity index (χ2n) is 10.1. The van der Waals surface area contributed by atoms with E-state index in [0.29, 0.717) is 0 Å². The van der Waals surface area contributed by atoms with Gasteiger partial charge in [0.1, 0.15) is 11.5 Å². The standard InChI is InChI=1S/2C19H13N3O.2ClH.Ni.10H2O/c2*1-3-9-20-15(6-1)17-12-14(19-8-5-11-23-19)13-18(22-17)16-7-2-4-10-21-16;;;;;;;;;;;;;/h2*1-13H;2*1H;;10*1H2/q;;;;+2;;;;;;;;;;/p-2. The average Bonchev–Trinajstić information content (AvgIpc) is 3.89. The van der Waals surface area contributed by atoms with Crippen LogP contribution in [0.25, 0.3) is 68.2 Å². The predicted octanol–water partition coefficient (Wildman–Crippen LogP) is -5.31. The van der Waals surface area contributed by atoms with Gasteiger partial charge in [0.25, 0.3) is 0 Å². The third-order valence-electron chi connectivity index (χ3n) is 6.97. The Bertz CT molecular complexity index is 1900. The first kappa shape index (κ1) is 67.9. The fraction of sp³-hybridized carbons (Fsp3) is 0. The summed E-state index contributed by atoms with van der Waals surface area (Å²) in [6.45, 7) is 0. The van der Waals surface area contributed by atoms with Gasteiger partial charge in [-0.3, -0.25) is 19.9 Å². The minimum absolute atomic E-state index is 0. The summed E-state index contributed by atoms with van der Waals surface area (Å²) in [5.41, 5.74) is 8.34. The van der Waals surface area contributed by atoms with Crippen LogP contribution in [0.2, 0.25) is 0 Å². The van der Waals surface area contributed by atoms with Crippen LogP contribution in [0.4, 0.5) is 0 Å². The average molecular weight is 908 g/mol. The van der Waals surface area contributed by atoms with Crippen LogP contribution in [-0.4, -0.2) is 84.7 Å². The molecule has 59 heavy (non-hydrogen) atoms. The van der Waals surface area contributed by atoms with Crippen molar-refractivity contribution in [1.29, 1.82) is 0 Å². The van der Waals surface area contributed by atoms with Gasteiger partial charge in [-0.05, 0) is 97.1 Å². The Morgan fingerprint density at radius 3 is 0.746 bits per heavy atom. The van der Waals surface area contributed by atoms with Gasteiger partial charge in [-0.25, -0.2) is 9.97 Å². The van der Waals surface area contributed by atoms with E-state index in [2.05, 4.69) is 19.9 Å². The maximum Gasteiger partial charge on any atom is 2.00 e. The van der Waals surface area contributed by atoms with Crippen molar-refractivity contribution in [2.24, 2.45) is 0 Å². The summed E-state index contributed by atoms with van der Waals surface area (Å²) in [6, 6.07) is 38.6. The monoisotopic (exact) mass is 906 g/mol. The number of aromatic nitrogens is 6. The van der Waals surface area contributed by atoms with Gasteiger partial charge in [-0.1, -0.05) is 24.3 Å². The minimum Gasteiger partial charge on any atom is -1.00 e. The fourth-order valence-electron chi connectivity index (χ4n) is 4.81. The molecule has 0 amide bonds. The van der Waals surface area contributed by atoms with Gasteiger partial charge in [0, 0.05) is 35.9 Å². The Morgan fingerprint density at radius 2 is 0.559 bits per heavy atom. The van der Waals surface area contributed by atoms with E-state index in [-0.39, 0.29) is 96.1 Å². The second kappa shape index (κ2) is 33.1. The molecule has 0 aromatic carbocycles. The Balaban J connectivity index is -0.000000150. The SMILES string of the molecule is O.O.O.O.O.O.O.O.O.O.[Cl-].[Cl-].[Ni+2].c1ccc(-c2cc(-c3ccco3)cc(-c3ccccn3)n2)nc1.c1ccc(-c2cc(-c3ccco3)cc(-c3ccccn3)n2)nc1. The molecule has 20 N–H and O–H groups in total. The second-order valence-corrected chi connectivity index (χ2v) is 10.1. The van der Waals surface area contributed by atoms with Gasteiger partial charge in [0.2, 0.25) is 0 Å². The summed E-state index contributed by atoms with van der Waals surface area (Å²) in [7, 11) is 0. The molecule has 0 aliphatic heterocycles. The summed E-state index contributed by atoms with van der Waals surface area (Å²) in [5, 5.41) is 0. The van der Waals surface area contributed by atoms with Crippen LogP contribution in [0.5, 0.6) is 0 Å². The molecule has 0 saturated heterocycles. The summed E-state index contributed by atoms with van der Waals surface area (Å²) in [6.07, 6.45) is 10.4. The van der Waals surface area contributed by atoms with Gasteiger partial charge in [-0.2, -0.15) is 0 Å². The van der Waals surface area contributed by atoms with Crippen molar-refractivity contribution in [2.75, 3.05) is 0 Å². The van der Waals surface area contributed by atoms with Crippen molar-refractivity contribution in [3.05, 3.63) is 159 Å². The van der Waals surface area contributed by atoms with Gasteiger partial charge in [0.05, 0.1) is 58.1 Å². The summed E-state index contributed by atoms with van der Waals surface area (Å²) >= 11 is 0. The molecule has 8 rings (SSSR count). The number of rotatable bonds is 6. The van der Waals surface area contributed by atoms with Crippen LogP contribution in [0.1, 0.15) is 0 Å². The van der Waals surface area contributed by atoms with Gasteiger partial charge in [0.15, 0.2) is 0 Å². The Kier molecular flexibility index (Phi) is 38.1. The topological polar surface area (TPSA) is 419 Å². The number of halogens is 2. The Morgan fingerprint density at radius 1 is 0.305 bits per heavy atom. The first-order valence-electron chi connectivity index (χ1n) is 14.6. The zero-order chi connectivity index (χ0) is 31.0. The van der Waals surface area contributed by atoms with Crippen LogP contribution in [0.3, 0.4) is 0 Å². The van der Waals surface area contributed by atoms with E-state index in [9.17, 15) is 0 Å². The first-order valence-corrected chi connectivity index (χ1v) is 14.6. The van der Waals surface area contributed by atoms with Crippen LogP contribution >= 0.6 is 0 Å². The molecule has 0 saturated carbocycles. The first-order chi connectivity index (χ1) is 22.8. The van der Waals surface area contributed by atoms with Crippen molar-refractivity contribution in [2.45, 2.75) is 0 Å². The van der Waals surface area contributed by atoms with E-state index in [1.807, 2.05) is 121 Å². The molecule has 8 heterocycles. The minimum atomic E-state index is 0. The molecule has 18 nitrogen and oxygen atoms in total. The number of hydrogen-bond acceptors (Lipinski definition) is 8. The molecule has 0 spiro atoms. The molecule has 0 aliphatic carbocycles. The van der Waals surface area contributed by atoms with E-state index in [1.54, 1.807) is 37.3 Å². The van der Waals surface area contributed by atoms with E-state index in [1.165, 1.54) is 0 Å². The van der Waals surface area contributed by atoms with Crippen molar-refractivity contribution >= 4 is 0 Å². The van der Waals surface area contributed by atoms with Crippen LogP contribution in [0, 0.1) is 0 Å². The van der Waals surface area contributed by atoms with E-state index < -0.39 is 0 Å². The third kappa shape index (κ3) is 16.9. The maximum absolute atomic E-state index is 5.53. The van der Waals surface area contributed by atoms with E-state index >= 15 is 0 Å². The molecule has 0 radical (unpaired) electrons. The quantitative estimate of drug-likeness (QED) is 0.145. The molecule has 0 atom stereocenters. The fourth-order valence-corrected chi connectivity index (χ4v) is 4.81. The molecule has 0 unspecified atom stereocenters. The third-order valence-corrected chi connectivity index (χ3v) is 6.97. The van der Waals surface area contributed by atoms with E-state index in [0.717, 1.165) is 68.2 Å². The Hall–Kier alpha value is -5.87. The smallest absolute Gasteiger partial charge is 1.00 e. The van der Waals surface area contributed by atoms with Gasteiger partial charge in [-0.15, -0.1) is 0 Å². The molecule has 21 heteroatoms. The normalized spacial score (nSPS) is 8.27. The van der Waals surface area contributed by atoms with Crippen molar-refractivity contribution in [3.8, 4) is 68.2 Å². The predicted molar refractivity (Wildman–Crippen MR) is 213 cm³/mol. The number of nitrogens with zero attached hydrogens (tertiary/aromatic N) is 6. The largest absolute Gasteiger partial charge is 2.00 e. The number of hydrogen-bond donors (Lipinski definition) is 0. The molecule has 324 valence electrons. The number of furan rings is 2. The zero-order valence-electron chi connectivity index (χ0n) is 30.6. The van der Waals surface area contributed by atoms with E-state index in [4.69, 9.17) is 18.8 Å². The summed E-state index contributed by atoms with van der Waals surface area (Å²) in [5.74, 6) is 1.59. The molecular formula is C38H46Cl2N6NiO12. The van der Waals surface area contributed by atoms with Crippen molar-refractivity contribution < 1.29 is 105 Å². The maximum atomic E-state index is 5.53. The van der Waals surface area contributed by atoms with Gasteiger partial charge >= 0.3 is 16.5 Å². The zero-order valence-corrected chi connectivity index (χ0v) is 33.1. The van der Waals surface area contributed by atoms with Crippen molar-refractivity contribution in [3.63, 3.8) is 0 Å². The molecule has 8 aromatic rings. The molecular weight excluding hydrogens is 862 g/mol.